The first kappa shape index (κ1) is 19.2. The Hall–Kier alpha value is -0.800. The molecule has 2 N–H and O–H groups in total. The van der Waals surface area contributed by atoms with E-state index in [4.69, 9.17) is 5.11 Å². The van der Waals surface area contributed by atoms with Gasteiger partial charge in [0.05, 0.1) is 4.47 Å². The van der Waals surface area contributed by atoms with Crippen LogP contribution in [0.4, 0.5) is 0 Å². The lowest BCUT2D eigenvalue weighted by Crippen LogP contribution is -2.41. The van der Waals surface area contributed by atoms with Gasteiger partial charge in [0.25, 0.3) is 5.91 Å². The van der Waals surface area contributed by atoms with E-state index in [9.17, 15) is 9.59 Å². The van der Waals surface area contributed by atoms with Crippen LogP contribution in [0.3, 0.4) is 0 Å². The number of carbonyl (C=O) groups excluding carboxylic acids is 1. The van der Waals surface area contributed by atoms with Crippen molar-refractivity contribution in [1.82, 2.24) is 15.3 Å². The highest BCUT2D eigenvalue weighted by Crippen LogP contribution is 2.19. The van der Waals surface area contributed by atoms with Gasteiger partial charge in [-0.15, -0.1) is 0 Å². The highest BCUT2D eigenvalue weighted by Gasteiger charge is 2.22. The average molecular weight is 408 g/mol. The SMILES string of the molecule is CCCSc1ncc(Br)c(C(=O)N[C@@H](CCSC)C(=O)O)n1. The molecule has 0 unspecified atom stereocenters. The predicted molar refractivity (Wildman–Crippen MR) is 92.6 cm³/mol. The van der Waals surface area contributed by atoms with Crippen LogP contribution in [0.1, 0.15) is 30.3 Å². The Kier molecular flexibility index (Phi) is 8.81. The molecule has 0 spiro atoms. The molecule has 1 amide bonds. The number of amides is 1. The van der Waals surface area contributed by atoms with Crippen molar-refractivity contribution in [1.29, 1.82) is 0 Å². The number of hydrogen-bond acceptors (Lipinski definition) is 6. The summed E-state index contributed by atoms with van der Waals surface area (Å²) >= 11 is 6.22. The number of aromatic nitrogens is 2. The lowest BCUT2D eigenvalue weighted by atomic mass is 10.2. The topological polar surface area (TPSA) is 92.2 Å². The molecule has 0 bridgehead atoms. The molecule has 9 heteroatoms. The van der Waals surface area contributed by atoms with E-state index >= 15 is 0 Å². The van der Waals surface area contributed by atoms with Gasteiger partial charge in [-0.25, -0.2) is 14.8 Å². The second-order valence-electron chi connectivity index (χ2n) is 4.34. The highest BCUT2D eigenvalue weighted by atomic mass is 79.9. The van der Waals surface area contributed by atoms with Crippen LogP contribution in [0.5, 0.6) is 0 Å². The van der Waals surface area contributed by atoms with Crippen LogP contribution in [-0.4, -0.2) is 50.8 Å². The third-order valence-electron chi connectivity index (χ3n) is 2.59. The summed E-state index contributed by atoms with van der Waals surface area (Å²) in [6.45, 7) is 2.04. The molecule has 0 saturated carbocycles. The van der Waals surface area contributed by atoms with E-state index in [-0.39, 0.29) is 5.69 Å². The fourth-order valence-corrected chi connectivity index (χ4v) is 3.01. The lowest BCUT2D eigenvalue weighted by Gasteiger charge is -2.14. The lowest BCUT2D eigenvalue weighted by molar-refractivity contribution is -0.139. The zero-order chi connectivity index (χ0) is 16.5. The second kappa shape index (κ2) is 10.1. The maximum Gasteiger partial charge on any atom is 0.326 e. The Balaban J connectivity index is 2.84. The average Bonchev–Trinajstić information content (AvgIpc) is 2.50. The summed E-state index contributed by atoms with van der Waals surface area (Å²) in [5.41, 5.74) is 0.156. The summed E-state index contributed by atoms with van der Waals surface area (Å²) in [7, 11) is 0. The fourth-order valence-electron chi connectivity index (χ4n) is 1.49. The van der Waals surface area contributed by atoms with Crippen molar-refractivity contribution in [2.45, 2.75) is 31.0 Å². The van der Waals surface area contributed by atoms with Gasteiger partial charge < -0.3 is 10.4 Å². The van der Waals surface area contributed by atoms with Crippen LogP contribution in [-0.2, 0) is 4.79 Å². The number of rotatable bonds is 9. The number of nitrogens with one attached hydrogen (secondary N) is 1. The fraction of sp³-hybridized carbons (Fsp3) is 0.538. The van der Waals surface area contributed by atoms with E-state index in [2.05, 4.69) is 31.2 Å². The molecule has 0 aliphatic rings. The third kappa shape index (κ3) is 6.13. The first-order valence-electron chi connectivity index (χ1n) is 6.67. The van der Waals surface area contributed by atoms with Crippen molar-refractivity contribution >= 4 is 51.3 Å². The Bertz CT molecular complexity index is 531. The molecular formula is C13H18BrN3O3S2. The van der Waals surface area contributed by atoms with Crippen LogP contribution in [0.25, 0.3) is 0 Å². The standard InChI is InChI=1S/C13H18BrN3O3S2/c1-3-5-22-13-15-7-8(14)10(17-13)11(18)16-9(12(19)20)4-6-21-2/h7,9H,3-6H2,1-2H3,(H,16,18)(H,19,20)/t9-/m0/s1. The summed E-state index contributed by atoms with van der Waals surface area (Å²) in [4.78, 5) is 31.8. The van der Waals surface area contributed by atoms with E-state index in [0.717, 1.165) is 12.2 Å². The largest absolute Gasteiger partial charge is 0.480 e. The molecule has 0 radical (unpaired) electrons. The van der Waals surface area contributed by atoms with E-state index in [1.807, 2.05) is 13.2 Å². The van der Waals surface area contributed by atoms with Crippen molar-refractivity contribution in [3.05, 3.63) is 16.4 Å². The summed E-state index contributed by atoms with van der Waals surface area (Å²) < 4.78 is 0.444. The zero-order valence-electron chi connectivity index (χ0n) is 12.3. The van der Waals surface area contributed by atoms with Crippen molar-refractivity contribution in [3.63, 3.8) is 0 Å². The van der Waals surface area contributed by atoms with Crippen molar-refractivity contribution in [2.75, 3.05) is 17.8 Å². The second-order valence-corrected chi connectivity index (χ2v) is 7.25. The van der Waals surface area contributed by atoms with Crippen LogP contribution >= 0.6 is 39.5 Å². The number of carbonyl (C=O) groups is 2. The maximum absolute atomic E-state index is 12.3. The van der Waals surface area contributed by atoms with Crippen molar-refractivity contribution < 1.29 is 14.7 Å². The molecule has 1 heterocycles. The Morgan fingerprint density at radius 2 is 2.18 bits per heavy atom. The minimum Gasteiger partial charge on any atom is -0.480 e. The highest BCUT2D eigenvalue weighted by molar-refractivity contribution is 9.10. The molecule has 1 aromatic heterocycles. The molecule has 1 rings (SSSR count). The van der Waals surface area contributed by atoms with E-state index in [1.165, 1.54) is 29.7 Å². The van der Waals surface area contributed by atoms with E-state index < -0.39 is 17.9 Å². The molecular weight excluding hydrogens is 390 g/mol. The van der Waals surface area contributed by atoms with Crippen LogP contribution in [0, 0.1) is 0 Å². The Morgan fingerprint density at radius 1 is 1.45 bits per heavy atom. The molecule has 0 aliphatic carbocycles. The summed E-state index contributed by atoms with van der Waals surface area (Å²) in [5, 5.41) is 12.2. The van der Waals surface area contributed by atoms with Crippen LogP contribution < -0.4 is 5.32 Å². The van der Waals surface area contributed by atoms with Gasteiger partial charge in [-0.1, -0.05) is 18.7 Å². The third-order valence-corrected chi connectivity index (χ3v) is 4.88. The maximum atomic E-state index is 12.3. The Morgan fingerprint density at radius 3 is 2.77 bits per heavy atom. The monoisotopic (exact) mass is 407 g/mol. The quantitative estimate of drug-likeness (QED) is 0.479. The van der Waals surface area contributed by atoms with E-state index in [1.54, 1.807) is 0 Å². The molecule has 1 aromatic rings. The van der Waals surface area contributed by atoms with Crippen LogP contribution in [0.15, 0.2) is 15.8 Å². The van der Waals surface area contributed by atoms with Gasteiger partial charge in [-0.05, 0) is 40.8 Å². The number of hydrogen-bond donors (Lipinski definition) is 2. The normalized spacial score (nSPS) is 12.0. The first-order chi connectivity index (χ1) is 10.5. The first-order valence-corrected chi connectivity index (χ1v) is 9.84. The Labute approximate surface area is 146 Å². The van der Waals surface area contributed by atoms with Crippen molar-refractivity contribution in [2.24, 2.45) is 0 Å². The number of carboxylic acids is 1. The minimum atomic E-state index is -1.05. The smallest absolute Gasteiger partial charge is 0.326 e. The molecule has 0 fully saturated rings. The van der Waals surface area contributed by atoms with Crippen LogP contribution in [0.2, 0.25) is 0 Å². The van der Waals surface area contributed by atoms with Gasteiger partial charge in [-0.3, -0.25) is 4.79 Å². The van der Waals surface area contributed by atoms with Gasteiger partial charge in [0, 0.05) is 11.9 Å². The summed E-state index contributed by atoms with van der Waals surface area (Å²) in [6.07, 6.45) is 4.74. The molecule has 0 aromatic carbocycles. The number of thioether (sulfide) groups is 2. The van der Waals surface area contributed by atoms with Gasteiger partial charge in [0.1, 0.15) is 11.7 Å². The van der Waals surface area contributed by atoms with Gasteiger partial charge in [0.15, 0.2) is 5.16 Å². The van der Waals surface area contributed by atoms with Gasteiger partial charge >= 0.3 is 5.97 Å². The number of nitrogens with zero attached hydrogens (tertiary/aromatic N) is 2. The zero-order valence-corrected chi connectivity index (χ0v) is 15.6. The van der Waals surface area contributed by atoms with Gasteiger partial charge in [-0.2, -0.15) is 11.8 Å². The molecule has 0 aliphatic heterocycles. The molecule has 1 atom stereocenters. The van der Waals surface area contributed by atoms with Gasteiger partial charge in [0.2, 0.25) is 0 Å². The molecule has 22 heavy (non-hydrogen) atoms. The molecule has 0 saturated heterocycles. The minimum absolute atomic E-state index is 0.156. The van der Waals surface area contributed by atoms with Crippen molar-refractivity contribution in [3.8, 4) is 0 Å². The molecule has 6 nitrogen and oxygen atoms in total. The number of carboxylic acid groups (broad SMARTS) is 1. The summed E-state index contributed by atoms with van der Waals surface area (Å²) in [6, 6.07) is -0.923. The summed E-state index contributed by atoms with van der Waals surface area (Å²) in [5.74, 6) is -0.0530. The van der Waals surface area contributed by atoms with E-state index in [0.29, 0.717) is 21.8 Å². The molecule has 122 valence electrons. The predicted octanol–water partition coefficient (Wildman–Crippen LogP) is 2.68. The number of aliphatic carboxylic acids is 1. The number of halogens is 1.